The number of nitrogen functional groups attached to an aromatic ring is 1. The summed E-state index contributed by atoms with van der Waals surface area (Å²) in [5.74, 6) is 0.183. The van der Waals surface area contributed by atoms with E-state index in [-0.39, 0.29) is 22.4 Å². The van der Waals surface area contributed by atoms with Crippen LogP contribution in [0.25, 0.3) is 42.5 Å². The van der Waals surface area contributed by atoms with Crippen molar-refractivity contribution in [2.24, 2.45) is 0 Å². The molecular weight excluding hydrogens is 613 g/mol. The normalized spacial score (nSPS) is 11.6. The second-order valence-corrected chi connectivity index (χ2v) is 15.1. The summed E-state index contributed by atoms with van der Waals surface area (Å²) in [5.41, 5.74) is 12.8. The van der Waals surface area contributed by atoms with Crippen LogP contribution in [-0.4, -0.2) is 28.0 Å². The first-order chi connectivity index (χ1) is 21.7. The Labute approximate surface area is 277 Å². The number of thiophene rings is 2. The Hall–Kier alpha value is -4.60. The van der Waals surface area contributed by atoms with Crippen molar-refractivity contribution in [1.82, 2.24) is 15.0 Å². The lowest BCUT2D eigenvalue weighted by Crippen LogP contribution is -2.10. The monoisotopic (exact) mass is 650 g/mol. The zero-order chi connectivity index (χ0) is 33.2. The van der Waals surface area contributed by atoms with E-state index >= 15 is 0 Å². The minimum Gasteiger partial charge on any atom is -0.465 e. The lowest BCUT2D eigenvalue weighted by molar-refractivity contribution is 0.0607. The van der Waals surface area contributed by atoms with Crippen molar-refractivity contribution in [3.63, 3.8) is 0 Å². The maximum absolute atomic E-state index is 12.5. The highest BCUT2D eigenvalue weighted by Gasteiger charge is 2.18. The van der Waals surface area contributed by atoms with E-state index in [4.69, 9.17) is 10.5 Å². The Kier molecular flexibility index (Phi) is 9.28. The third kappa shape index (κ3) is 7.27. The van der Waals surface area contributed by atoms with Gasteiger partial charge < -0.3 is 15.5 Å². The number of methoxy groups -OCH3 is 1. The van der Waals surface area contributed by atoms with Gasteiger partial charge in [0.1, 0.15) is 15.4 Å². The van der Waals surface area contributed by atoms with Crippen LogP contribution < -0.4 is 11.3 Å². The fourth-order valence-electron chi connectivity index (χ4n) is 4.80. The average Bonchev–Trinajstić information content (AvgIpc) is 3.65. The number of carbonyl (C=O) groups is 1. The molecular formula is C37H38N4O3S2. The van der Waals surface area contributed by atoms with Crippen molar-refractivity contribution in [3.05, 3.63) is 112 Å². The fraction of sp³-hybridized carbons (Fsp3) is 0.243. The van der Waals surface area contributed by atoms with Crippen LogP contribution in [0.3, 0.4) is 0 Å². The highest BCUT2D eigenvalue weighted by atomic mass is 32.1. The van der Waals surface area contributed by atoms with Crippen LogP contribution in [-0.2, 0) is 15.6 Å². The number of nitrogens with zero attached hydrogens (tertiary/aromatic N) is 2. The topological polar surface area (TPSA) is 111 Å². The average molecular weight is 651 g/mol. The third-order valence-electron chi connectivity index (χ3n) is 7.54. The van der Waals surface area contributed by atoms with Crippen molar-refractivity contribution in [2.75, 3.05) is 12.8 Å². The van der Waals surface area contributed by atoms with E-state index in [2.05, 4.69) is 105 Å². The Morgan fingerprint density at radius 2 is 1.28 bits per heavy atom. The molecule has 0 spiro atoms. The van der Waals surface area contributed by atoms with Gasteiger partial charge in [0.15, 0.2) is 0 Å². The number of anilines is 1. The summed E-state index contributed by atoms with van der Waals surface area (Å²) in [5, 5.41) is 0. The van der Waals surface area contributed by atoms with Crippen molar-refractivity contribution < 1.29 is 9.53 Å². The predicted octanol–water partition coefficient (Wildman–Crippen LogP) is 9.09. The molecule has 9 heteroatoms. The van der Waals surface area contributed by atoms with Crippen LogP contribution in [0.15, 0.2) is 90.0 Å². The van der Waals surface area contributed by atoms with Crippen LogP contribution in [0.2, 0.25) is 0 Å². The number of rotatable bonds is 4. The second kappa shape index (κ2) is 13.0. The van der Waals surface area contributed by atoms with Gasteiger partial charge >= 0.3 is 5.97 Å². The molecule has 0 saturated carbocycles. The molecule has 4 aromatic heterocycles. The molecule has 0 saturated heterocycles. The number of ether oxygens (including phenoxy) is 1. The molecule has 3 N–H and O–H groups in total. The standard InChI is InChI=1S/C21H19N3OS.C16H19NO2S/c1-21(2,3)15-6-4-13(5-7-15)17-12-16-18(26-17)20(25)24-19(23-16)14-8-10-22-11-9-14;1-16(2,3)11-7-5-10(6-8-11)13-9-12(17)14(20-13)15(18)19-4/h4-12H,1-3H3,(H,23,24,25);5-9H,17H2,1-4H3. The van der Waals surface area contributed by atoms with E-state index < -0.39 is 0 Å². The van der Waals surface area contributed by atoms with Crippen LogP contribution in [0.5, 0.6) is 0 Å². The van der Waals surface area contributed by atoms with Crippen molar-refractivity contribution >= 4 is 44.5 Å². The molecule has 0 aliphatic carbocycles. The molecule has 6 rings (SSSR count). The Morgan fingerprint density at radius 1 is 0.761 bits per heavy atom. The molecule has 0 aliphatic heterocycles. The van der Waals surface area contributed by atoms with E-state index in [1.54, 1.807) is 12.4 Å². The quantitative estimate of drug-likeness (QED) is 0.184. The van der Waals surface area contributed by atoms with Crippen LogP contribution >= 0.6 is 22.7 Å². The molecule has 0 atom stereocenters. The van der Waals surface area contributed by atoms with Crippen molar-refractivity contribution in [1.29, 1.82) is 0 Å². The number of aromatic nitrogens is 3. The van der Waals surface area contributed by atoms with E-state index in [1.807, 2.05) is 24.3 Å². The van der Waals surface area contributed by atoms with Gasteiger partial charge in [-0.3, -0.25) is 9.78 Å². The highest BCUT2D eigenvalue weighted by Crippen LogP contribution is 2.35. The minimum atomic E-state index is -0.384. The van der Waals surface area contributed by atoms with Crippen molar-refractivity contribution in [3.8, 4) is 32.3 Å². The number of nitrogens with one attached hydrogen (secondary N) is 1. The van der Waals surface area contributed by atoms with Gasteiger partial charge in [-0.25, -0.2) is 9.78 Å². The fourth-order valence-corrected chi connectivity index (χ4v) is 6.80. The molecule has 0 amide bonds. The number of pyridine rings is 1. The number of H-pyrrole nitrogens is 1. The Bertz CT molecular complexity index is 2030. The number of esters is 1. The SMILES string of the molecule is CC(C)(C)c1ccc(-c2cc3nc(-c4ccncc4)[nH]c(=O)c3s2)cc1.COC(=O)c1sc(-c2ccc(C(C)(C)C)cc2)cc1N. The molecule has 236 valence electrons. The molecule has 2 aromatic carbocycles. The maximum atomic E-state index is 12.5. The van der Waals surface area contributed by atoms with Gasteiger partial charge in [0.2, 0.25) is 0 Å². The van der Waals surface area contributed by atoms with Crippen molar-refractivity contribution in [2.45, 2.75) is 52.4 Å². The number of hydrogen-bond donors (Lipinski definition) is 2. The number of carbonyl (C=O) groups excluding carboxylic acids is 1. The molecule has 6 aromatic rings. The van der Waals surface area contributed by atoms with E-state index in [0.717, 1.165) is 32.0 Å². The molecule has 0 radical (unpaired) electrons. The molecule has 0 bridgehead atoms. The largest absolute Gasteiger partial charge is 0.465 e. The first kappa shape index (κ1) is 32.8. The first-order valence-corrected chi connectivity index (χ1v) is 16.5. The van der Waals surface area contributed by atoms with Gasteiger partial charge in [-0.15, -0.1) is 22.7 Å². The van der Waals surface area contributed by atoms with Gasteiger partial charge in [0, 0.05) is 27.7 Å². The van der Waals surface area contributed by atoms with Gasteiger partial charge in [-0.2, -0.15) is 0 Å². The third-order valence-corrected chi connectivity index (χ3v) is 9.89. The highest BCUT2D eigenvalue weighted by molar-refractivity contribution is 7.22. The summed E-state index contributed by atoms with van der Waals surface area (Å²) in [4.78, 5) is 38.1. The van der Waals surface area contributed by atoms with E-state index in [0.29, 0.717) is 21.1 Å². The summed E-state index contributed by atoms with van der Waals surface area (Å²) in [6, 6.07) is 24.4. The number of nitrogens with two attached hydrogens (primary N) is 1. The molecule has 0 fully saturated rings. The summed E-state index contributed by atoms with van der Waals surface area (Å²) >= 11 is 2.83. The van der Waals surface area contributed by atoms with Crippen LogP contribution in [0.1, 0.15) is 62.3 Å². The lowest BCUT2D eigenvalue weighted by atomic mass is 9.86. The summed E-state index contributed by atoms with van der Waals surface area (Å²) in [7, 11) is 1.36. The van der Waals surface area contributed by atoms with Gasteiger partial charge in [0.25, 0.3) is 5.56 Å². The minimum absolute atomic E-state index is 0.107. The first-order valence-electron chi connectivity index (χ1n) is 14.9. The Balaban J connectivity index is 0.000000188. The molecule has 7 nitrogen and oxygen atoms in total. The van der Waals surface area contributed by atoms with E-state index in [1.165, 1.54) is 40.9 Å². The second-order valence-electron chi connectivity index (χ2n) is 13.0. The number of aromatic amines is 1. The lowest BCUT2D eigenvalue weighted by Gasteiger charge is -2.18. The summed E-state index contributed by atoms with van der Waals surface area (Å²) in [6.45, 7) is 13.1. The smallest absolute Gasteiger partial charge is 0.350 e. The maximum Gasteiger partial charge on any atom is 0.350 e. The zero-order valence-electron chi connectivity index (χ0n) is 27.1. The Morgan fingerprint density at radius 3 is 1.78 bits per heavy atom. The molecule has 4 heterocycles. The van der Waals surface area contributed by atoms with Gasteiger partial charge in [-0.1, -0.05) is 90.1 Å². The summed E-state index contributed by atoms with van der Waals surface area (Å²) < 4.78 is 5.37. The van der Waals surface area contributed by atoms with Gasteiger partial charge in [-0.05, 0) is 57.3 Å². The zero-order valence-corrected chi connectivity index (χ0v) is 28.7. The molecule has 0 aliphatic rings. The molecule has 46 heavy (non-hydrogen) atoms. The number of fused-ring (bicyclic) bond motifs is 1. The van der Waals surface area contributed by atoms with Crippen LogP contribution in [0.4, 0.5) is 5.69 Å². The number of benzene rings is 2. The summed E-state index contributed by atoms with van der Waals surface area (Å²) in [6.07, 6.45) is 3.38. The van der Waals surface area contributed by atoms with Crippen LogP contribution in [0, 0.1) is 0 Å². The van der Waals surface area contributed by atoms with E-state index in [9.17, 15) is 9.59 Å². The van der Waals surface area contributed by atoms with Gasteiger partial charge in [0.05, 0.1) is 18.3 Å². The molecule has 0 unspecified atom stereocenters. The number of hydrogen-bond acceptors (Lipinski definition) is 8. The predicted molar refractivity (Wildman–Crippen MR) is 192 cm³/mol.